The average Bonchev–Trinajstić information content (AvgIpc) is 1.51. The van der Waals surface area contributed by atoms with E-state index in [9.17, 15) is 0 Å². The first-order valence-corrected chi connectivity index (χ1v) is 30.9. The summed E-state index contributed by atoms with van der Waals surface area (Å²) in [5.74, 6) is 0. The Morgan fingerprint density at radius 1 is 0.209 bits per heavy atom. The molecule has 0 aromatic heterocycles. The van der Waals surface area contributed by atoms with E-state index in [0.717, 1.165) is 34.1 Å². The highest BCUT2D eigenvalue weighted by Gasteiger charge is 2.52. The Hall–Kier alpha value is -8.98. The molecule has 0 fully saturated rings. The zero-order valence-corrected chi connectivity index (χ0v) is 52.3. The second-order valence-electron chi connectivity index (χ2n) is 28.2. The van der Waals surface area contributed by atoms with Gasteiger partial charge < -0.3 is 9.80 Å². The largest absolute Gasteiger partial charge is 0.310 e. The molecule has 2 nitrogen and oxygen atoms in total. The Kier molecular flexibility index (Phi) is 13.7. The summed E-state index contributed by atoms with van der Waals surface area (Å²) in [6.07, 6.45) is 0. The van der Waals surface area contributed by atoms with Crippen LogP contribution in [0, 0.1) is 0 Å². The van der Waals surface area contributed by atoms with Crippen LogP contribution >= 0.6 is 0 Å². The lowest BCUT2D eigenvalue weighted by molar-refractivity contribution is 0.590. The summed E-state index contributed by atoms with van der Waals surface area (Å²) in [6, 6.07) is 102. The van der Waals surface area contributed by atoms with Crippen molar-refractivity contribution in [1.29, 1.82) is 0 Å². The van der Waals surface area contributed by atoms with Crippen molar-refractivity contribution in [2.75, 3.05) is 9.80 Å². The van der Waals surface area contributed by atoms with Gasteiger partial charge in [-0.1, -0.05) is 265 Å². The van der Waals surface area contributed by atoms with Crippen molar-refractivity contribution in [2.45, 2.75) is 116 Å². The number of anilines is 6. The fourth-order valence-electron chi connectivity index (χ4n) is 14.1. The van der Waals surface area contributed by atoms with Crippen LogP contribution in [0.2, 0.25) is 0 Å². The van der Waals surface area contributed by atoms with Gasteiger partial charge in [-0.15, -0.1) is 0 Å². The van der Waals surface area contributed by atoms with Crippen molar-refractivity contribution >= 4 is 34.1 Å². The molecule has 0 unspecified atom stereocenters. The second-order valence-corrected chi connectivity index (χ2v) is 28.2. The molecule has 0 N–H and O–H groups in total. The highest BCUT2D eigenvalue weighted by Crippen LogP contribution is 2.64. The van der Waals surface area contributed by atoms with Gasteiger partial charge >= 0.3 is 0 Å². The predicted octanol–water partition coefficient (Wildman–Crippen LogP) is 22.5. The van der Waals surface area contributed by atoms with Gasteiger partial charge in [0, 0.05) is 34.1 Å². The van der Waals surface area contributed by atoms with Crippen LogP contribution in [0.25, 0.3) is 22.3 Å². The van der Waals surface area contributed by atoms with Crippen molar-refractivity contribution in [1.82, 2.24) is 0 Å². The first-order valence-electron chi connectivity index (χ1n) is 30.9. The van der Waals surface area contributed by atoms with E-state index in [1.165, 1.54) is 89.0 Å². The van der Waals surface area contributed by atoms with Crippen molar-refractivity contribution in [2.24, 2.45) is 0 Å². The molecular weight excluding hydrogens is 1040 g/mol. The van der Waals surface area contributed by atoms with E-state index in [1.54, 1.807) is 0 Å². The zero-order valence-electron chi connectivity index (χ0n) is 52.3. The molecule has 0 saturated heterocycles. The maximum absolute atomic E-state index is 2.61. The molecule has 0 saturated carbocycles. The summed E-state index contributed by atoms with van der Waals surface area (Å²) >= 11 is 0. The van der Waals surface area contributed by atoms with Gasteiger partial charge in [-0.2, -0.15) is 0 Å². The molecule has 0 radical (unpaired) electrons. The van der Waals surface area contributed by atoms with Crippen LogP contribution in [0.3, 0.4) is 0 Å². The Morgan fingerprint density at radius 3 is 0.640 bits per heavy atom. The van der Waals surface area contributed by atoms with Gasteiger partial charge in [-0.05, 0) is 196 Å². The molecule has 2 aliphatic carbocycles. The van der Waals surface area contributed by atoms with Crippen LogP contribution in [0.5, 0.6) is 0 Å². The fourth-order valence-corrected chi connectivity index (χ4v) is 14.1. The molecule has 0 atom stereocenters. The Morgan fingerprint density at radius 2 is 0.419 bits per heavy atom. The summed E-state index contributed by atoms with van der Waals surface area (Å²) in [5, 5.41) is 0. The standard InChI is InChI=1S/C84H80N2/c1-79(2,3)57-33-41-65(42-34-57)85(66-43-35-58(36-44-66)80(4,5)6)69-49-51-71-73-55-78-74(56-77(73)83(75(71)53-69,61-25-17-13-18-26-61)62-27-19-14-20-28-62)72-52-50-70(54-76(72)84(78,63-29-21-15-22-30-63)64-31-23-16-24-32-64)86(67-45-37-59(38-46-67)81(7,8)9)68-47-39-60(40-48-68)82(10,11)12/h13-56H,1-12H3. The number of hydrogen-bond acceptors (Lipinski definition) is 2. The van der Waals surface area contributed by atoms with Gasteiger partial charge in [0.05, 0.1) is 10.8 Å². The lowest BCUT2D eigenvalue weighted by Gasteiger charge is -2.36. The summed E-state index contributed by atoms with van der Waals surface area (Å²) in [7, 11) is 0. The van der Waals surface area contributed by atoms with E-state index in [2.05, 4.69) is 360 Å². The third kappa shape index (κ3) is 9.41. The first kappa shape index (κ1) is 56.2. The van der Waals surface area contributed by atoms with Crippen molar-refractivity contribution in [3.05, 3.63) is 334 Å². The molecule has 0 amide bonds. The minimum absolute atomic E-state index is 0.0158. The van der Waals surface area contributed by atoms with Crippen molar-refractivity contribution in [3.63, 3.8) is 0 Å². The molecule has 426 valence electrons. The smallest absolute Gasteiger partial charge is 0.0714 e. The summed E-state index contributed by atoms with van der Waals surface area (Å²) < 4.78 is 0. The first-order chi connectivity index (χ1) is 41.2. The van der Waals surface area contributed by atoms with Crippen LogP contribution in [-0.4, -0.2) is 0 Å². The molecule has 86 heavy (non-hydrogen) atoms. The number of nitrogens with zero attached hydrogens (tertiary/aromatic N) is 2. The number of hydrogen-bond donors (Lipinski definition) is 0. The van der Waals surface area contributed by atoms with Gasteiger partial charge in [-0.25, -0.2) is 0 Å². The molecule has 11 aromatic carbocycles. The minimum atomic E-state index is -0.698. The van der Waals surface area contributed by atoms with Gasteiger partial charge in [-0.3, -0.25) is 0 Å². The summed E-state index contributed by atoms with van der Waals surface area (Å²) in [6.45, 7) is 27.5. The van der Waals surface area contributed by atoms with Gasteiger partial charge in [0.2, 0.25) is 0 Å². The normalized spacial score (nSPS) is 14.0. The molecule has 0 bridgehead atoms. The molecule has 2 heteroatoms. The predicted molar refractivity (Wildman–Crippen MR) is 365 cm³/mol. The molecule has 0 heterocycles. The highest BCUT2D eigenvalue weighted by atomic mass is 15.1. The van der Waals surface area contributed by atoms with E-state index in [-0.39, 0.29) is 21.7 Å². The van der Waals surface area contributed by atoms with Crippen LogP contribution in [-0.2, 0) is 32.5 Å². The molecule has 11 aromatic rings. The average molecular weight is 1120 g/mol. The maximum Gasteiger partial charge on any atom is 0.0714 e. The maximum atomic E-state index is 2.61. The number of benzene rings is 11. The number of rotatable bonds is 10. The van der Waals surface area contributed by atoms with Gasteiger partial charge in [0.25, 0.3) is 0 Å². The topological polar surface area (TPSA) is 6.48 Å². The quantitative estimate of drug-likeness (QED) is 0.135. The lowest BCUT2D eigenvalue weighted by Crippen LogP contribution is -2.30. The van der Waals surface area contributed by atoms with Crippen LogP contribution in [0.1, 0.15) is 150 Å². The second kappa shape index (κ2) is 20.9. The summed E-state index contributed by atoms with van der Waals surface area (Å²) in [4.78, 5) is 4.93. The fraction of sp³-hybridized carbons (Fsp3) is 0.214. The van der Waals surface area contributed by atoms with E-state index < -0.39 is 10.8 Å². The molecule has 2 aliphatic rings. The van der Waals surface area contributed by atoms with E-state index >= 15 is 0 Å². The van der Waals surface area contributed by atoms with Crippen LogP contribution < -0.4 is 9.80 Å². The van der Waals surface area contributed by atoms with Gasteiger partial charge in [0.1, 0.15) is 0 Å². The van der Waals surface area contributed by atoms with Crippen molar-refractivity contribution < 1.29 is 0 Å². The SMILES string of the molecule is CC(C)(C)c1ccc(N(c2ccc(C(C)(C)C)cc2)c2ccc3c(c2)C(c2ccccc2)(c2ccccc2)c2cc4c(cc2-3)C(c2ccccc2)(c2ccccc2)c2cc(N(c3ccc(C(C)(C)C)cc3)c3ccc(C(C)(C)C)cc3)ccc2-4)cc1. The van der Waals surface area contributed by atoms with Crippen LogP contribution in [0.15, 0.2) is 267 Å². The lowest BCUT2D eigenvalue weighted by atomic mass is 9.66. The molecule has 0 aliphatic heterocycles. The number of fused-ring (bicyclic) bond motifs is 6. The highest BCUT2D eigenvalue weighted by molar-refractivity contribution is 5.97. The summed E-state index contributed by atoms with van der Waals surface area (Å²) in [5.41, 5.74) is 25.6. The van der Waals surface area contributed by atoms with Crippen molar-refractivity contribution in [3.8, 4) is 22.3 Å². The Bertz CT molecular complexity index is 3770. The Labute approximate surface area is 512 Å². The molecular formula is C84H80N2. The van der Waals surface area contributed by atoms with Gasteiger partial charge in [0.15, 0.2) is 0 Å². The molecule has 13 rings (SSSR count). The van der Waals surface area contributed by atoms with E-state index in [4.69, 9.17) is 0 Å². The van der Waals surface area contributed by atoms with Crippen LogP contribution in [0.4, 0.5) is 34.1 Å². The molecule has 0 spiro atoms. The van der Waals surface area contributed by atoms with E-state index in [0.29, 0.717) is 0 Å². The minimum Gasteiger partial charge on any atom is -0.310 e. The zero-order chi connectivity index (χ0) is 60.0. The third-order valence-electron chi connectivity index (χ3n) is 18.7. The third-order valence-corrected chi connectivity index (χ3v) is 18.7. The monoisotopic (exact) mass is 1120 g/mol. The Balaban J connectivity index is 1.09. The van der Waals surface area contributed by atoms with E-state index in [1.807, 2.05) is 0 Å².